The Kier molecular flexibility index (Phi) is 4.96. The van der Waals surface area contributed by atoms with Crippen molar-refractivity contribution >= 4 is 22.4 Å². The Labute approximate surface area is 184 Å². The molecule has 1 N–H and O–H groups in total. The molecular weight excluding hydrogens is 417 g/mol. The average molecular weight is 442 g/mol. The molecule has 3 atom stereocenters. The van der Waals surface area contributed by atoms with E-state index in [0.29, 0.717) is 29.0 Å². The van der Waals surface area contributed by atoms with Gasteiger partial charge in [-0.25, -0.2) is 0 Å². The highest BCUT2D eigenvalue weighted by Gasteiger charge is 2.41. The SMILES string of the molecule is Cc1c([C@@H](C)Nc2nncc3ncc(N4CC5CC4CN5C)cc23)cccc1C(F)(F)F. The van der Waals surface area contributed by atoms with E-state index in [4.69, 9.17) is 0 Å². The van der Waals surface area contributed by atoms with E-state index in [1.807, 2.05) is 13.1 Å². The number of fused-ring (bicyclic) bond motifs is 3. The van der Waals surface area contributed by atoms with Crippen LogP contribution in [0.4, 0.5) is 24.7 Å². The minimum atomic E-state index is -4.39. The van der Waals surface area contributed by atoms with Crippen molar-refractivity contribution in [2.45, 2.75) is 44.6 Å². The zero-order chi connectivity index (χ0) is 22.6. The first-order chi connectivity index (χ1) is 15.2. The highest BCUT2D eigenvalue weighted by molar-refractivity contribution is 5.90. The number of likely N-dealkylation sites (N-methyl/N-ethyl adjacent to an activating group) is 1. The van der Waals surface area contributed by atoms with E-state index in [1.54, 1.807) is 12.3 Å². The number of anilines is 2. The maximum atomic E-state index is 13.3. The Morgan fingerprint density at radius 1 is 1.16 bits per heavy atom. The summed E-state index contributed by atoms with van der Waals surface area (Å²) >= 11 is 0. The number of aromatic nitrogens is 3. The van der Waals surface area contributed by atoms with Gasteiger partial charge in [-0.05, 0) is 50.6 Å². The van der Waals surface area contributed by atoms with E-state index in [0.717, 1.165) is 36.7 Å². The van der Waals surface area contributed by atoms with Crippen molar-refractivity contribution in [2.24, 2.45) is 0 Å². The van der Waals surface area contributed by atoms with Crippen LogP contribution in [-0.2, 0) is 6.18 Å². The molecule has 5 rings (SSSR count). The van der Waals surface area contributed by atoms with Crippen molar-refractivity contribution in [3.05, 3.63) is 53.3 Å². The van der Waals surface area contributed by atoms with Gasteiger partial charge in [0.25, 0.3) is 0 Å². The number of piperazine rings is 1. The normalized spacial score (nSPS) is 22.0. The Morgan fingerprint density at radius 3 is 2.66 bits per heavy atom. The lowest BCUT2D eigenvalue weighted by Gasteiger charge is -2.33. The van der Waals surface area contributed by atoms with Crippen LogP contribution in [0.1, 0.15) is 36.1 Å². The summed E-state index contributed by atoms with van der Waals surface area (Å²) in [7, 11) is 2.16. The van der Waals surface area contributed by atoms with Gasteiger partial charge in [0.1, 0.15) is 0 Å². The molecule has 2 fully saturated rings. The quantitative estimate of drug-likeness (QED) is 0.646. The van der Waals surface area contributed by atoms with Crippen LogP contribution in [0.3, 0.4) is 0 Å². The summed E-state index contributed by atoms with van der Waals surface area (Å²) < 4.78 is 40.0. The van der Waals surface area contributed by atoms with E-state index in [2.05, 4.69) is 43.4 Å². The summed E-state index contributed by atoms with van der Waals surface area (Å²) in [4.78, 5) is 9.37. The molecule has 0 aliphatic carbocycles. The lowest BCUT2D eigenvalue weighted by molar-refractivity contribution is -0.138. The fraction of sp³-hybridized carbons (Fsp3) is 0.435. The molecule has 9 heteroatoms. The Morgan fingerprint density at radius 2 is 1.97 bits per heavy atom. The molecule has 3 aromatic rings. The summed E-state index contributed by atoms with van der Waals surface area (Å²) in [6.07, 6.45) is 0.241. The second-order valence-electron chi connectivity index (χ2n) is 8.84. The summed E-state index contributed by atoms with van der Waals surface area (Å²) in [5.74, 6) is 0.516. The first kappa shape index (κ1) is 20.9. The van der Waals surface area contributed by atoms with Crippen LogP contribution in [0, 0.1) is 6.92 Å². The maximum Gasteiger partial charge on any atom is 0.416 e. The molecule has 168 valence electrons. The second kappa shape index (κ2) is 7.58. The molecule has 2 bridgehead atoms. The summed E-state index contributed by atoms with van der Waals surface area (Å²) in [5, 5.41) is 12.4. The third-order valence-corrected chi connectivity index (χ3v) is 6.84. The minimum Gasteiger partial charge on any atom is -0.364 e. The number of benzene rings is 1. The van der Waals surface area contributed by atoms with Gasteiger partial charge in [-0.2, -0.15) is 18.3 Å². The lowest BCUT2D eigenvalue weighted by atomic mass is 9.97. The summed E-state index contributed by atoms with van der Waals surface area (Å²) in [6, 6.07) is 6.97. The fourth-order valence-electron chi connectivity index (χ4n) is 5.11. The maximum absolute atomic E-state index is 13.3. The van der Waals surface area contributed by atoms with Crippen molar-refractivity contribution in [2.75, 3.05) is 30.4 Å². The van der Waals surface area contributed by atoms with Gasteiger partial charge in [0, 0.05) is 30.6 Å². The predicted octanol–water partition coefficient (Wildman–Crippen LogP) is 4.42. The second-order valence-corrected chi connectivity index (χ2v) is 8.84. The predicted molar refractivity (Wildman–Crippen MR) is 118 cm³/mol. The van der Waals surface area contributed by atoms with Crippen molar-refractivity contribution in [1.29, 1.82) is 0 Å². The number of nitrogens with one attached hydrogen (secondary N) is 1. The van der Waals surface area contributed by atoms with Gasteiger partial charge in [0.15, 0.2) is 5.82 Å². The number of hydrogen-bond acceptors (Lipinski definition) is 6. The number of likely N-dealkylation sites (tertiary alicyclic amines) is 1. The highest BCUT2D eigenvalue weighted by atomic mass is 19.4. The smallest absolute Gasteiger partial charge is 0.364 e. The molecule has 6 nitrogen and oxygen atoms in total. The molecule has 0 spiro atoms. The topological polar surface area (TPSA) is 57.2 Å². The van der Waals surface area contributed by atoms with Crippen LogP contribution in [0.2, 0.25) is 0 Å². The van der Waals surface area contributed by atoms with E-state index in [-0.39, 0.29) is 5.56 Å². The van der Waals surface area contributed by atoms with Gasteiger partial charge in [0.05, 0.1) is 35.2 Å². The highest BCUT2D eigenvalue weighted by Crippen LogP contribution is 2.37. The lowest BCUT2D eigenvalue weighted by Crippen LogP contribution is -2.44. The Balaban J connectivity index is 1.46. The molecule has 2 aromatic heterocycles. The summed E-state index contributed by atoms with van der Waals surface area (Å²) in [5.41, 5.74) is 1.90. The van der Waals surface area contributed by atoms with Gasteiger partial charge >= 0.3 is 6.18 Å². The third-order valence-electron chi connectivity index (χ3n) is 6.84. The number of alkyl halides is 3. The van der Waals surface area contributed by atoms with Crippen molar-refractivity contribution in [3.63, 3.8) is 0 Å². The first-order valence-electron chi connectivity index (χ1n) is 10.7. The number of halogens is 3. The molecule has 4 heterocycles. The molecule has 0 radical (unpaired) electrons. The van der Waals surface area contributed by atoms with Crippen LogP contribution in [-0.4, -0.2) is 52.3 Å². The van der Waals surface area contributed by atoms with Crippen molar-refractivity contribution in [3.8, 4) is 0 Å². The fourth-order valence-corrected chi connectivity index (χ4v) is 5.11. The molecule has 32 heavy (non-hydrogen) atoms. The number of nitrogens with zero attached hydrogens (tertiary/aromatic N) is 5. The van der Waals surface area contributed by atoms with Crippen LogP contribution >= 0.6 is 0 Å². The summed E-state index contributed by atoms with van der Waals surface area (Å²) in [6.45, 7) is 5.34. The Bertz CT molecular complexity index is 1160. The van der Waals surface area contributed by atoms with E-state index in [9.17, 15) is 13.2 Å². The van der Waals surface area contributed by atoms with Crippen LogP contribution in [0.25, 0.3) is 10.9 Å². The average Bonchev–Trinajstić information content (AvgIpc) is 3.32. The van der Waals surface area contributed by atoms with Crippen LogP contribution in [0.15, 0.2) is 36.7 Å². The van der Waals surface area contributed by atoms with Gasteiger partial charge in [-0.3, -0.25) is 9.88 Å². The molecule has 2 aliphatic rings. The van der Waals surface area contributed by atoms with Gasteiger partial charge < -0.3 is 10.2 Å². The minimum absolute atomic E-state index is 0.212. The monoisotopic (exact) mass is 442 g/mol. The first-order valence-corrected chi connectivity index (χ1v) is 10.7. The van der Waals surface area contributed by atoms with Gasteiger partial charge in [-0.15, -0.1) is 5.10 Å². The van der Waals surface area contributed by atoms with E-state index >= 15 is 0 Å². The van der Waals surface area contributed by atoms with E-state index < -0.39 is 17.8 Å². The molecular formula is C23H25F3N6. The van der Waals surface area contributed by atoms with Gasteiger partial charge in [-0.1, -0.05) is 12.1 Å². The largest absolute Gasteiger partial charge is 0.416 e. The number of hydrogen-bond donors (Lipinski definition) is 1. The molecule has 0 saturated carbocycles. The van der Waals surface area contributed by atoms with Crippen LogP contribution < -0.4 is 10.2 Å². The number of pyridine rings is 1. The van der Waals surface area contributed by atoms with Crippen molar-refractivity contribution in [1.82, 2.24) is 20.1 Å². The Hall–Kier alpha value is -2.94. The third kappa shape index (κ3) is 3.54. The molecule has 1 aromatic carbocycles. The standard InChI is InChI=1S/C23H25F3N6/c1-13-18(5-4-6-20(13)23(24,25)26)14(2)29-22-19-8-15(9-27-21(19)10-28-30-22)32-12-16-7-17(32)11-31(16)3/h4-6,8-10,14,16-17H,7,11-12H2,1-3H3,(H,29,30)/t14-,16?,17?/m1/s1. The zero-order valence-electron chi connectivity index (χ0n) is 18.2. The zero-order valence-corrected chi connectivity index (χ0v) is 18.2. The molecule has 2 unspecified atom stereocenters. The van der Waals surface area contributed by atoms with Gasteiger partial charge in [0.2, 0.25) is 0 Å². The van der Waals surface area contributed by atoms with Crippen molar-refractivity contribution < 1.29 is 13.2 Å². The molecule has 2 saturated heterocycles. The molecule has 2 aliphatic heterocycles. The van der Waals surface area contributed by atoms with Crippen LogP contribution in [0.5, 0.6) is 0 Å². The molecule has 0 amide bonds. The van der Waals surface area contributed by atoms with E-state index in [1.165, 1.54) is 13.0 Å². The number of rotatable bonds is 4.